The summed E-state index contributed by atoms with van der Waals surface area (Å²) in [4.78, 5) is 27.3. The number of hydrogen-bond acceptors (Lipinski definition) is 4. The lowest BCUT2D eigenvalue weighted by Gasteiger charge is -2.30. The van der Waals surface area contributed by atoms with E-state index in [4.69, 9.17) is 9.47 Å². The van der Waals surface area contributed by atoms with E-state index in [-0.39, 0.29) is 13.2 Å². The molecule has 0 saturated carbocycles. The van der Waals surface area contributed by atoms with Crippen LogP contribution in [0.25, 0.3) is 0 Å². The van der Waals surface area contributed by atoms with Gasteiger partial charge in [-0.05, 0) is 24.0 Å². The minimum absolute atomic E-state index is 0.166. The number of ether oxygens (including phenoxy) is 2. The Hall–Kier alpha value is -2.62. The van der Waals surface area contributed by atoms with Gasteiger partial charge in [-0.2, -0.15) is 0 Å². The van der Waals surface area contributed by atoms with Gasteiger partial charge in [0.05, 0.1) is 0 Å². The first kappa shape index (κ1) is 29.6. The standard InChI is InChI=1S/C32H46O4/c1-3-5-7-9-10-11-19-25-32(24-18-8-6-4-2,30(33)35-26-28-20-14-12-15-21-28)31(34)36-27-29-22-16-13-17-23-29/h12-17,20-23H,3-11,18-19,24-27H2,1-2H3. The summed E-state index contributed by atoms with van der Waals surface area (Å²) in [6, 6.07) is 19.3. The van der Waals surface area contributed by atoms with Gasteiger partial charge in [-0.15, -0.1) is 0 Å². The summed E-state index contributed by atoms with van der Waals surface area (Å²) < 4.78 is 11.6. The predicted molar refractivity (Wildman–Crippen MR) is 146 cm³/mol. The van der Waals surface area contributed by atoms with Crippen molar-refractivity contribution in [3.05, 3.63) is 71.8 Å². The highest BCUT2D eigenvalue weighted by Gasteiger charge is 2.48. The second-order valence-electron chi connectivity index (χ2n) is 9.89. The van der Waals surface area contributed by atoms with E-state index in [2.05, 4.69) is 13.8 Å². The first-order valence-corrected chi connectivity index (χ1v) is 14.0. The molecule has 0 aliphatic heterocycles. The van der Waals surface area contributed by atoms with Crippen molar-refractivity contribution < 1.29 is 19.1 Å². The maximum atomic E-state index is 13.6. The zero-order valence-corrected chi connectivity index (χ0v) is 22.5. The van der Waals surface area contributed by atoms with E-state index in [1.54, 1.807) is 0 Å². The zero-order chi connectivity index (χ0) is 25.9. The number of benzene rings is 2. The molecule has 0 bridgehead atoms. The van der Waals surface area contributed by atoms with Crippen molar-refractivity contribution in [2.45, 2.75) is 111 Å². The fraction of sp³-hybridized carbons (Fsp3) is 0.562. The molecule has 0 aromatic heterocycles. The Morgan fingerprint density at radius 2 is 0.917 bits per heavy atom. The van der Waals surface area contributed by atoms with E-state index in [0.717, 1.165) is 56.1 Å². The fourth-order valence-electron chi connectivity index (χ4n) is 4.58. The van der Waals surface area contributed by atoms with Crippen LogP contribution < -0.4 is 0 Å². The van der Waals surface area contributed by atoms with Crippen LogP contribution in [-0.2, 0) is 32.3 Å². The summed E-state index contributed by atoms with van der Waals surface area (Å²) in [5, 5.41) is 0. The molecule has 0 aliphatic carbocycles. The minimum Gasteiger partial charge on any atom is -0.460 e. The maximum absolute atomic E-state index is 13.6. The van der Waals surface area contributed by atoms with Gasteiger partial charge in [0.1, 0.15) is 13.2 Å². The van der Waals surface area contributed by atoms with Crippen LogP contribution in [0.1, 0.15) is 108 Å². The lowest BCUT2D eigenvalue weighted by atomic mass is 9.77. The Bertz CT molecular complexity index is 791. The molecule has 0 radical (unpaired) electrons. The van der Waals surface area contributed by atoms with Gasteiger partial charge < -0.3 is 9.47 Å². The molecule has 2 rings (SSSR count). The normalized spacial score (nSPS) is 11.3. The van der Waals surface area contributed by atoms with E-state index >= 15 is 0 Å². The van der Waals surface area contributed by atoms with E-state index in [0.29, 0.717) is 12.8 Å². The quantitative estimate of drug-likeness (QED) is 0.111. The summed E-state index contributed by atoms with van der Waals surface area (Å²) in [5.74, 6) is -0.876. The minimum atomic E-state index is -1.25. The van der Waals surface area contributed by atoms with Gasteiger partial charge in [-0.3, -0.25) is 9.59 Å². The molecule has 0 heterocycles. The number of unbranched alkanes of at least 4 members (excludes halogenated alkanes) is 9. The molecule has 0 saturated heterocycles. The van der Waals surface area contributed by atoms with Gasteiger partial charge in [0.25, 0.3) is 0 Å². The van der Waals surface area contributed by atoms with Gasteiger partial charge in [0.15, 0.2) is 5.41 Å². The average molecular weight is 495 g/mol. The molecule has 4 nitrogen and oxygen atoms in total. The Labute approximate surface area is 218 Å². The highest BCUT2D eigenvalue weighted by molar-refractivity contribution is 6.00. The third-order valence-electron chi connectivity index (χ3n) is 6.87. The number of esters is 2. The maximum Gasteiger partial charge on any atom is 0.323 e. The molecule has 0 fully saturated rings. The van der Waals surface area contributed by atoms with Gasteiger partial charge in [-0.1, -0.05) is 145 Å². The van der Waals surface area contributed by atoms with Crippen LogP contribution >= 0.6 is 0 Å². The third-order valence-corrected chi connectivity index (χ3v) is 6.87. The number of hydrogen-bond donors (Lipinski definition) is 0. The SMILES string of the molecule is CCCCCCCCCC(CCCCCC)(C(=O)OCc1ccccc1)C(=O)OCc1ccccc1. The molecule has 198 valence electrons. The lowest BCUT2D eigenvalue weighted by molar-refractivity contribution is -0.176. The molecule has 0 spiro atoms. The van der Waals surface area contributed by atoms with Crippen molar-refractivity contribution in [2.24, 2.45) is 5.41 Å². The highest BCUT2D eigenvalue weighted by atomic mass is 16.6. The Kier molecular flexibility index (Phi) is 14.6. The van der Waals surface area contributed by atoms with Crippen molar-refractivity contribution in [1.29, 1.82) is 0 Å². The van der Waals surface area contributed by atoms with E-state index in [1.165, 1.54) is 25.7 Å². The number of carbonyl (C=O) groups excluding carboxylic acids is 2. The molecular formula is C32H46O4. The first-order valence-electron chi connectivity index (χ1n) is 14.0. The van der Waals surface area contributed by atoms with Crippen LogP contribution in [0.15, 0.2) is 60.7 Å². The Balaban J connectivity index is 2.14. The molecule has 0 unspecified atom stereocenters. The van der Waals surface area contributed by atoms with E-state index < -0.39 is 17.4 Å². The van der Waals surface area contributed by atoms with E-state index in [1.807, 2.05) is 60.7 Å². The van der Waals surface area contributed by atoms with Crippen molar-refractivity contribution in [3.63, 3.8) is 0 Å². The summed E-state index contributed by atoms with van der Waals surface area (Å²) in [5.41, 5.74) is 0.583. The molecule has 0 N–H and O–H groups in total. The molecule has 4 heteroatoms. The van der Waals surface area contributed by atoms with Gasteiger partial charge in [0, 0.05) is 0 Å². The van der Waals surface area contributed by atoms with Crippen LogP contribution in [0.3, 0.4) is 0 Å². The van der Waals surface area contributed by atoms with Crippen LogP contribution in [0.4, 0.5) is 0 Å². The van der Waals surface area contributed by atoms with Crippen LogP contribution in [0.5, 0.6) is 0 Å². The van der Waals surface area contributed by atoms with Crippen LogP contribution in [-0.4, -0.2) is 11.9 Å². The van der Waals surface area contributed by atoms with Crippen molar-refractivity contribution in [2.75, 3.05) is 0 Å². The van der Waals surface area contributed by atoms with Crippen LogP contribution in [0.2, 0.25) is 0 Å². The van der Waals surface area contributed by atoms with Gasteiger partial charge in [-0.25, -0.2) is 0 Å². The summed E-state index contributed by atoms with van der Waals surface area (Å²) in [6.45, 7) is 4.71. The average Bonchev–Trinajstić information content (AvgIpc) is 2.92. The van der Waals surface area contributed by atoms with Crippen LogP contribution in [0, 0.1) is 5.41 Å². The predicted octanol–water partition coefficient (Wildman–Crippen LogP) is 8.57. The largest absolute Gasteiger partial charge is 0.460 e. The molecule has 0 amide bonds. The first-order chi connectivity index (χ1) is 17.6. The third kappa shape index (κ3) is 10.6. The molecule has 2 aromatic carbocycles. The smallest absolute Gasteiger partial charge is 0.323 e. The summed E-state index contributed by atoms with van der Waals surface area (Å²) in [7, 11) is 0. The van der Waals surface area contributed by atoms with Gasteiger partial charge >= 0.3 is 11.9 Å². The van der Waals surface area contributed by atoms with Gasteiger partial charge in [0.2, 0.25) is 0 Å². The Morgan fingerprint density at radius 3 is 1.33 bits per heavy atom. The molecular weight excluding hydrogens is 448 g/mol. The monoisotopic (exact) mass is 494 g/mol. The molecule has 0 atom stereocenters. The van der Waals surface area contributed by atoms with Crippen molar-refractivity contribution >= 4 is 11.9 Å². The highest BCUT2D eigenvalue weighted by Crippen LogP contribution is 2.36. The molecule has 0 aliphatic rings. The topological polar surface area (TPSA) is 52.6 Å². The summed E-state index contributed by atoms with van der Waals surface area (Å²) in [6.07, 6.45) is 12.8. The second-order valence-corrected chi connectivity index (χ2v) is 9.89. The fourth-order valence-corrected chi connectivity index (χ4v) is 4.58. The number of carbonyl (C=O) groups is 2. The summed E-state index contributed by atoms with van der Waals surface area (Å²) >= 11 is 0. The Morgan fingerprint density at radius 1 is 0.556 bits per heavy atom. The second kappa shape index (κ2) is 17.8. The van der Waals surface area contributed by atoms with Crippen molar-refractivity contribution in [3.8, 4) is 0 Å². The molecule has 2 aromatic rings. The zero-order valence-electron chi connectivity index (χ0n) is 22.5. The molecule has 36 heavy (non-hydrogen) atoms. The number of rotatable bonds is 19. The van der Waals surface area contributed by atoms with E-state index in [9.17, 15) is 9.59 Å². The lowest BCUT2D eigenvalue weighted by Crippen LogP contribution is -2.42. The van der Waals surface area contributed by atoms with Crippen molar-refractivity contribution in [1.82, 2.24) is 0 Å².